The number of hydrogen-bond acceptors (Lipinski definition) is 6. The molecule has 3 rings (SSSR count). The Morgan fingerprint density at radius 3 is 2.54 bits per heavy atom. The Balaban J connectivity index is 1.59. The molecule has 7 heteroatoms. The number of carboxylic acids is 1. The second-order valence-electron chi connectivity index (χ2n) is 6.15. The van der Waals surface area contributed by atoms with E-state index in [-0.39, 0.29) is 18.9 Å². The van der Waals surface area contributed by atoms with Crippen LogP contribution in [0.1, 0.15) is 24.0 Å². The van der Waals surface area contributed by atoms with E-state index in [0.717, 1.165) is 16.9 Å². The van der Waals surface area contributed by atoms with Gasteiger partial charge in [0.05, 0.1) is 4.91 Å². The van der Waals surface area contributed by atoms with Gasteiger partial charge in [-0.05, 0) is 42.2 Å². The molecule has 2 aromatic rings. The van der Waals surface area contributed by atoms with Crippen LogP contribution in [-0.4, -0.2) is 27.6 Å². The minimum atomic E-state index is -1.13. The Kier molecular flexibility index (Phi) is 6.84. The monoisotopic (exact) mass is 412 g/mol. The predicted octanol–water partition coefficient (Wildman–Crippen LogP) is 3.00. The summed E-state index contributed by atoms with van der Waals surface area (Å²) in [4.78, 5) is 25.0. The number of nitrogens with zero attached hydrogens (tertiary/aromatic N) is 1. The van der Waals surface area contributed by atoms with E-state index in [9.17, 15) is 14.7 Å². The molecule has 1 heterocycles. The van der Waals surface area contributed by atoms with Crippen LogP contribution in [0.15, 0.2) is 59.5 Å². The number of ether oxygens (including phenoxy) is 1. The fourth-order valence-corrected chi connectivity index (χ4v) is 3.94. The fourth-order valence-electron chi connectivity index (χ4n) is 2.63. The summed E-state index contributed by atoms with van der Waals surface area (Å²) in [6.45, 7) is 0.771. The van der Waals surface area contributed by atoms with Crippen molar-refractivity contribution in [2.75, 3.05) is 6.54 Å². The van der Waals surface area contributed by atoms with Crippen molar-refractivity contribution in [1.29, 1.82) is 0 Å². The molecule has 0 radical (unpaired) electrons. The lowest BCUT2D eigenvalue weighted by Crippen LogP contribution is -2.30. The summed E-state index contributed by atoms with van der Waals surface area (Å²) in [7, 11) is 0. The number of rotatable bonds is 8. The second-order valence-corrected chi connectivity index (χ2v) is 7.83. The second kappa shape index (κ2) is 9.52. The van der Waals surface area contributed by atoms with Crippen molar-refractivity contribution < 1.29 is 19.4 Å². The highest BCUT2D eigenvalue weighted by Gasteiger charge is 2.31. The molecule has 0 atom stereocenters. The van der Waals surface area contributed by atoms with E-state index in [0.29, 0.717) is 22.3 Å². The number of thioether (sulfide) groups is 1. The van der Waals surface area contributed by atoms with Gasteiger partial charge in [0, 0.05) is 12.5 Å². The van der Waals surface area contributed by atoms with Crippen LogP contribution in [-0.2, 0) is 16.2 Å². The third-order valence-electron chi connectivity index (χ3n) is 4.06. The summed E-state index contributed by atoms with van der Waals surface area (Å²) in [5.41, 5.74) is 1.95. The summed E-state index contributed by atoms with van der Waals surface area (Å²) >= 11 is 6.46. The van der Waals surface area contributed by atoms with Crippen molar-refractivity contribution in [2.45, 2.75) is 19.4 Å². The van der Waals surface area contributed by atoms with Gasteiger partial charge in [0.2, 0.25) is 0 Å². The van der Waals surface area contributed by atoms with Crippen LogP contribution in [0, 0.1) is 0 Å². The number of thiocarbonyl (C=S) groups is 1. The molecule has 0 bridgehead atoms. The minimum Gasteiger partial charge on any atom is -0.550 e. The first-order valence-corrected chi connectivity index (χ1v) is 9.97. The zero-order valence-electron chi connectivity index (χ0n) is 15.0. The molecule has 144 valence electrons. The van der Waals surface area contributed by atoms with Gasteiger partial charge >= 0.3 is 0 Å². The van der Waals surface area contributed by atoms with Crippen molar-refractivity contribution in [3.8, 4) is 5.75 Å². The van der Waals surface area contributed by atoms with E-state index in [4.69, 9.17) is 17.0 Å². The zero-order chi connectivity index (χ0) is 19.9. The van der Waals surface area contributed by atoms with Crippen molar-refractivity contribution in [2.24, 2.45) is 0 Å². The van der Waals surface area contributed by atoms with Crippen LogP contribution in [0.4, 0.5) is 0 Å². The van der Waals surface area contributed by atoms with Gasteiger partial charge < -0.3 is 14.6 Å². The lowest BCUT2D eigenvalue weighted by atomic mass is 10.2. The molecule has 1 aliphatic heterocycles. The number of aliphatic carboxylic acids is 1. The molecule has 2 aromatic carbocycles. The number of carboxylic acid groups (broad SMARTS) is 1. The highest BCUT2D eigenvalue weighted by atomic mass is 32.2. The third kappa shape index (κ3) is 5.43. The maximum Gasteiger partial charge on any atom is 0.266 e. The summed E-state index contributed by atoms with van der Waals surface area (Å²) in [6.07, 6.45) is 2.00. The number of amides is 1. The molecule has 0 unspecified atom stereocenters. The van der Waals surface area contributed by atoms with Gasteiger partial charge in [-0.1, -0.05) is 66.4 Å². The SMILES string of the molecule is O=C([O-])CCCN1C(=O)/C(=C\c2ccc(OCc3ccccc3)cc2)SC1=S. The lowest BCUT2D eigenvalue weighted by Gasteiger charge is -2.14. The Bertz CT molecular complexity index is 894. The van der Waals surface area contributed by atoms with Gasteiger partial charge in [0.15, 0.2) is 0 Å². The molecule has 0 spiro atoms. The molecule has 0 saturated carbocycles. The van der Waals surface area contributed by atoms with Crippen LogP contribution >= 0.6 is 24.0 Å². The number of carbonyl (C=O) groups excluding carboxylic acids is 2. The van der Waals surface area contributed by atoms with Gasteiger partial charge in [0.1, 0.15) is 16.7 Å². The zero-order valence-corrected chi connectivity index (χ0v) is 16.6. The first-order valence-electron chi connectivity index (χ1n) is 8.75. The maximum absolute atomic E-state index is 12.5. The molecule has 0 aliphatic carbocycles. The molecule has 0 aromatic heterocycles. The van der Waals surface area contributed by atoms with Crippen LogP contribution in [0.2, 0.25) is 0 Å². The predicted molar refractivity (Wildman–Crippen MR) is 111 cm³/mol. The highest BCUT2D eigenvalue weighted by Crippen LogP contribution is 2.33. The first-order chi connectivity index (χ1) is 13.5. The normalized spacial score (nSPS) is 15.3. The van der Waals surface area contributed by atoms with Crippen molar-refractivity contribution in [3.05, 3.63) is 70.6 Å². The standard InChI is InChI=1S/C21H19NO4S2/c23-19(24)7-4-12-22-20(25)18(28-21(22)27)13-15-8-10-17(11-9-15)26-14-16-5-2-1-3-6-16/h1-3,5-6,8-11,13H,4,7,12,14H2,(H,23,24)/p-1/b18-13+. The topological polar surface area (TPSA) is 69.7 Å². The van der Waals surface area contributed by atoms with Gasteiger partial charge in [-0.2, -0.15) is 0 Å². The van der Waals surface area contributed by atoms with Crippen molar-refractivity contribution in [1.82, 2.24) is 4.90 Å². The van der Waals surface area contributed by atoms with Crippen molar-refractivity contribution >= 4 is 46.3 Å². The van der Waals surface area contributed by atoms with Gasteiger partial charge in [-0.3, -0.25) is 9.69 Å². The molecule has 0 N–H and O–H groups in total. The van der Waals surface area contributed by atoms with Crippen LogP contribution in [0.3, 0.4) is 0 Å². The van der Waals surface area contributed by atoms with Crippen molar-refractivity contribution in [3.63, 3.8) is 0 Å². The summed E-state index contributed by atoms with van der Waals surface area (Å²) < 4.78 is 6.20. The summed E-state index contributed by atoms with van der Waals surface area (Å²) in [5, 5.41) is 10.5. The molecule has 1 fully saturated rings. The summed E-state index contributed by atoms with van der Waals surface area (Å²) in [5.74, 6) is -0.579. The van der Waals surface area contributed by atoms with E-state index >= 15 is 0 Å². The highest BCUT2D eigenvalue weighted by molar-refractivity contribution is 8.26. The van der Waals surface area contributed by atoms with Gasteiger partial charge in [0.25, 0.3) is 5.91 Å². The van der Waals surface area contributed by atoms with E-state index in [1.807, 2.05) is 54.6 Å². The Morgan fingerprint density at radius 2 is 1.86 bits per heavy atom. The van der Waals surface area contributed by atoms with Crippen LogP contribution in [0.25, 0.3) is 6.08 Å². The van der Waals surface area contributed by atoms with E-state index in [1.54, 1.807) is 6.08 Å². The average Bonchev–Trinajstić information content (AvgIpc) is 2.95. The van der Waals surface area contributed by atoms with Crippen LogP contribution < -0.4 is 9.84 Å². The molecule has 5 nitrogen and oxygen atoms in total. The summed E-state index contributed by atoms with van der Waals surface area (Å²) in [6, 6.07) is 17.4. The molecule has 1 saturated heterocycles. The molecule has 28 heavy (non-hydrogen) atoms. The number of carbonyl (C=O) groups is 2. The fraction of sp³-hybridized carbons (Fsp3) is 0.190. The molecular weight excluding hydrogens is 394 g/mol. The molecule has 1 amide bonds. The van der Waals surface area contributed by atoms with Crippen LogP contribution in [0.5, 0.6) is 5.75 Å². The number of benzene rings is 2. The van der Waals surface area contributed by atoms with E-state index in [1.165, 1.54) is 16.7 Å². The lowest BCUT2D eigenvalue weighted by molar-refractivity contribution is -0.305. The van der Waals surface area contributed by atoms with Gasteiger partial charge in [-0.25, -0.2) is 0 Å². The Labute approximate surface area is 173 Å². The average molecular weight is 413 g/mol. The molecular formula is C21H18NO4S2-. The molecule has 1 aliphatic rings. The maximum atomic E-state index is 12.5. The quantitative estimate of drug-likeness (QED) is 0.490. The smallest absolute Gasteiger partial charge is 0.266 e. The van der Waals surface area contributed by atoms with E-state index < -0.39 is 5.97 Å². The largest absolute Gasteiger partial charge is 0.550 e. The van der Waals surface area contributed by atoms with Gasteiger partial charge in [-0.15, -0.1) is 0 Å². The number of hydrogen-bond donors (Lipinski definition) is 0. The minimum absolute atomic E-state index is 0.0967. The third-order valence-corrected chi connectivity index (χ3v) is 5.44. The Hall–Kier alpha value is -2.64. The first kappa shape index (κ1) is 20.1. The Morgan fingerprint density at radius 1 is 1.14 bits per heavy atom. The van der Waals surface area contributed by atoms with E-state index in [2.05, 4.69) is 0 Å².